The number of hydrogen-bond donors (Lipinski definition) is 2. The second-order valence-electron chi connectivity index (χ2n) is 3.88. The topological polar surface area (TPSA) is 67.4 Å². The van der Waals surface area contributed by atoms with Crippen LogP contribution in [0.4, 0.5) is 0 Å². The maximum Gasteiger partial charge on any atom is 0.333 e. The van der Waals surface area contributed by atoms with Gasteiger partial charge < -0.3 is 15.4 Å². The Morgan fingerprint density at radius 2 is 1.94 bits per heavy atom. The Bertz CT molecular complexity index is 288. The van der Waals surface area contributed by atoms with Gasteiger partial charge in [0.05, 0.1) is 7.11 Å². The molecular formula is C13H24N2O3. The first kappa shape index (κ1) is 16.6. The highest BCUT2D eigenvalue weighted by molar-refractivity contribution is 5.88. The van der Waals surface area contributed by atoms with E-state index in [1.54, 1.807) is 6.08 Å². The van der Waals surface area contributed by atoms with Gasteiger partial charge in [-0.05, 0) is 12.8 Å². The number of esters is 1. The van der Waals surface area contributed by atoms with Crippen LogP contribution in [0.25, 0.3) is 0 Å². The van der Waals surface area contributed by atoms with Crippen molar-refractivity contribution >= 4 is 11.9 Å². The van der Waals surface area contributed by atoms with Gasteiger partial charge in [-0.2, -0.15) is 0 Å². The summed E-state index contributed by atoms with van der Waals surface area (Å²) in [5.74, 6) is -0.239. The minimum Gasteiger partial charge on any atom is -0.466 e. The average Bonchev–Trinajstić information content (AvgIpc) is 2.39. The molecule has 0 rings (SSSR count). The first-order valence-corrected chi connectivity index (χ1v) is 6.40. The molecule has 0 aromatic carbocycles. The van der Waals surface area contributed by atoms with E-state index in [-0.39, 0.29) is 11.9 Å². The number of carbonyl (C=O) groups is 2. The molecule has 0 aromatic rings. The maximum absolute atomic E-state index is 11.3. The van der Waals surface area contributed by atoms with Gasteiger partial charge in [-0.1, -0.05) is 19.9 Å². The van der Waals surface area contributed by atoms with Crippen LogP contribution in [0.15, 0.2) is 11.6 Å². The molecule has 0 atom stereocenters. The summed E-state index contributed by atoms with van der Waals surface area (Å²) in [4.78, 5) is 22.5. The van der Waals surface area contributed by atoms with E-state index < -0.39 is 0 Å². The van der Waals surface area contributed by atoms with E-state index in [4.69, 9.17) is 0 Å². The van der Waals surface area contributed by atoms with Crippen LogP contribution in [0.5, 0.6) is 0 Å². The molecule has 5 heteroatoms. The Kier molecular flexibility index (Phi) is 9.96. The molecule has 0 saturated carbocycles. The van der Waals surface area contributed by atoms with Crippen molar-refractivity contribution in [1.29, 1.82) is 0 Å². The molecule has 0 heterocycles. The van der Waals surface area contributed by atoms with Gasteiger partial charge in [-0.3, -0.25) is 4.79 Å². The molecule has 0 aliphatic heterocycles. The standard InChI is InChI=1S/C13H24N2O3/c1-4-8-15-12(16)7-10-14-9-6-11(5-2)13(17)18-3/h6,14H,4-5,7-10H2,1-3H3,(H,15,16)/b11-6-. The lowest BCUT2D eigenvalue weighted by Gasteiger charge is -2.05. The number of rotatable bonds is 9. The summed E-state index contributed by atoms with van der Waals surface area (Å²) in [6.45, 7) is 5.81. The fourth-order valence-corrected chi connectivity index (χ4v) is 1.36. The summed E-state index contributed by atoms with van der Waals surface area (Å²) in [6.07, 6.45) is 3.84. The van der Waals surface area contributed by atoms with E-state index >= 15 is 0 Å². The van der Waals surface area contributed by atoms with E-state index in [0.29, 0.717) is 31.5 Å². The Morgan fingerprint density at radius 3 is 2.50 bits per heavy atom. The van der Waals surface area contributed by atoms with Crippen molar-refractivity contribution in [1.82, 2.24) is 10.6 Å². The zero-order valence-electron chi connectivity index (χ0n) is 11.5. The number of methoxy groups -OCH3 is 1. The average molecular weight is 256 g/mol. The summed E-state index contributed by atoms with van der Waals surface area (Å²) < 4.78 is 4.64. The molecule has 0 bridgehead atoms. The second kappa shape index (κ2) is 10.8. The molecule has 0 spiro atoms. The Labute approximate surface area is 109 Å². The zero-order chi connectivity index (χ0) is 13.8. The van der Waals surface area contributed by atoms with Gasteiger partial charge in [0.1, 0.15) is 0 Å². The number of nitrogens with one attached hydrogen (secondary N) is 2. The first-order valence-electron chi connectivity index (χ1n) is 6.40. The molecule has 0 aliphatic rings. The van der Waals surface area contributed by atoms with Gasteiger partial charge in [-0.25, -0.2) is 4.79 Å². The summed E-state index contributed by atoms with van der Waals surface area (Å²) in [5.41, 5.74) is 0.653. The zero-order valence-corrected chi connectivity index (χ0v) is 11.5. The molecule has 0 fully saturated rings. The molecule has 0 saturated heterocycles. The number of ether oxygens (including phenoxy) is 1. The van der Waals surface area contributed by atoms with Crippen LogP contribution in [0.1, 0.15) is 33.1 Å². The molecule has 0 aromatic heterocycles. The predicted octanol–water partition coefficient (Wildman–Crippen LogP) is 1.00. The number of hydrogen-bond acceptors (Lipinski definition) is 4. The monoisotopic (exact) mass is 256 g/mol. The lowest BCUT2D eigenvalue weighted by molar-refractivity contribution is -0.136. The van der Waals surface area contributed by atoms with Gasteiger partial charge in [-0.15, -0.1) is 0 Å². The largest absolute Gasteiger partial charge is 0.466 e. The first-order chi connectivity index (χ1) is 8.65. The normalized spacial score (nSPS) is 11.2. The predicted molar refractivity (Wildman–Crippen MR) is 71.2 cm³/mol. The van der Waals surface area contributed by atoms with E-state index in [1.807, 2.05) is 13.8 Å². The third-order valence-electron chi connectivity index (χ3n) is 2.42. The minimum absolute atomic E-state index is 0.0528. The summed E-state index contributed by atoms with van der Waals surface area (Å²) in [6, 6.07) is 0. The Morgan fingerprint density at radius 1 is 1.22 bits per heavy atom. The highest BCUT2D eigenvalue weighted by Gasteiger charge is 2.05. The molecule has 5 nitrogen and oxygen atoms in total. The van der Waals surface area contributed by atoms with Crippen LogP contribution in [0.3, 0.4) is 0 Å². The number of carbonyl (C=O) groups excluding carboxylic acids is 2. The van der Waals surface area contributed by atoms with Crippen molar-refractivity contribution in [3.63, 3.8) is 0 Å². The van der Waals surface area contributed by atoms with Gasteiger partial charge in [0.25, 0.3) is 0 Å². The number of amides is 1. The molecule has 18 heavy (non-hydrogen) atoms. The van der Waals surface area contributed by atoms with Crippen LogP contribution < -0.4 is 10.6 Å². The van der Waals surface area contributed by atoms with Crippen molar-refractivity contribution < 1.29 is 14.3 Å². The Hall–Kier alpha value is -1.36. The quantitative estimate of drug-likeness (QED) is 0.367. The minimum atomic E-state index is -0.292. The fraction of sp³-hybridized carbons (Fsp3) is 0.692. The molecule has 1 amide bonds. The second-order valence-corrected chi connectivity index (χ2v) is 3.88. The van der Waals surface area contributed by atoms with E-state index in [1.165, 1.54) is 7.11 Å². The Balaban J connectivity index is 3.74. The molecule has 104 valence electrons. The van der Waals surface area contributed by atoms with Gasteiger partial charge in [0.15, 0.2) is 0 Å². The van der Waals surface area contributed by atoms with Gasteiger partial charge >= 0.3 is 5.97 Å². The SMILES string of the molecule is CCCNC(=O)CCNC/C=C(/CC)C(=O)OC. The lowest BCUT2D eigenvalue weighted by Crippen LogP contribution is -2.28. The van der Waals surface area contributed by atoms with Crippen molar-refractivity contribution in [2.75, 3.05) is 26.7 Å². The van der Waals surface area contributed by atoms with Crippen LogP contribution in [-0.2, 0) is 14.3 Å². The smallest absolute Gasteiger partial charge is 0.333 e. The van der Waals surface area contributed by atoms with E-state index in [9.17, 15) is 9.59 Å². The summed E-state index contributed by atoms with van der Waals surface area (Å²) >= 11 is 0. The van der Waals surface area contributed by atoms with Gasteiger partial charge in [0.2, 0.25) is 5.91 Å². The summed E-state index contributed by atoms with van der Waals surface area (Å²) in [7, 11) is 1.37. The van der Waals surface area contributed by atoms with Crippen LogP contribution in [0.2, 0.25) is 0 Å². The van der Waals surface area contributed by atoms with Crippen molar-refractivity contribution in [3.8, 4) is 0 Å². The fourth-order valence-electron chi connectivity index (χ4n) is 1.36. The molecule has 0 unspecified atom stereocenters. The van der Waals surface area contributed by atoms with Crippen molar-refractivity contribution in [2.45, 2.75) is 33.1 Å². The molecule has 2 N–H and O–H groups in total. The van der Waals surface area contributed by atoms with Crippen molar-refractivity contribution in [3.05, 3.63) is 11.6 Å². The molecule has 0 aliphatic carbocycles. The van der Waals surface area contributed by atoms with Crippen LogP contribution in [0, 0.1) is 0 Å². The highest BCUT2D eigenvalue weighted by atomic mass is 16.5. The van der Waals surface area contributed by atoms with E-state index in [0.717, 1.165) is 13.0 Å². The highest BCUT2D eigenvalue weighted by Crippen LogP contribution is 2.01. The van der Waals surface area contributed by atoms with Gasteiger partial charge in [0, 0.05) is 31.6 Å². The molecule has 0 radical (unpaired) electrons. The molecular weight excluding hydrogens is 232 g/mol. The third kappa shape index (κ3) is 7.84. The maximum atomic E-state index is 11.3. The van der Waals surface area contributed by atoms with E-state index in [2.05, 4.69) is 15.4 Å². The summed E-state index contributed by atoms with van der Waals surface area (Å²) in [5, 5.41) is 5.89. The lowest BCUT2D eigenvalue weighted by atomic mass is 10.2. The third-order valence-corrected chi connectivity index (χ3v) is 2.42. The van der Waals surface area contributed by atoms with Crippen molar-refractivity contribution in [2.24, 2.45) is 0 Å². The van der Waals surface area contributed by atoms with Crippen LogP contribution in [-0.4, -0.2) is 38.6 Å². The van der Waals surface area contributed by atoms with Crippen LogP contribution >= 0.6 is 0 Å².